The summed E-state index contributed by atoms with van der Waals surface area (Å²) in [5.41, 5.74) is 0.555. The second-order valence-electron chi connectivity index (χ2n) is 10.7. The lowest BCUT2D eigenvalue weighted by molar-refractivity contribution is 0.203. The van der Waals surface area contributed by atoms with Crippen LogP contribution in [0.25, 0.3) is 11.1 Å². The minimum Gasteiger partial charge on any atom is -0.266 e. The zero-order valence-corrected chi connectivity index (χ0v) is 23.9. The fourth-order valence-corrected chi connectivity index (χ4v) is 5.93. The van der Waals surface area contributed by atoms with E-state index in [-0.39, 0.29) is 44.2 Å². The first kappa shape index (κ1) is 29.1. The first-order valence-electron chi connectivity index (χ1n) is 10.6. The molecule has 0 heterocycles. The Balaban J connectivity index is 2.82. The van der Waals surface area contributed by atoms with Gasteiger partial charge in [-0.1, -0.05) is 64.7 Å². The van der Waals surface area contributed by atoms with Gasteiger partial charge in [-0.3, -0.25) is 8.37 Å². The van der Waals surface area contributed by atoms with Crippen molar-refractivity contribution in [1.82, 2.24) is 0 Å². The fourth-order valence-electron chi connectivity index (χ4n) is 2.80. The molecule has 0 aliphatic carbocycles. The van der Waals surface area contributed by atoms with Crippen molar-refractivity contribution in [1.29, 1.82) is 0 Å². The maximum absolute atomic E-state index is 13.2. The average Bonchev–Trinajstić information content (AvgIpc) is 2.67. The lowest BCUT2D eigenvalue weighted by Crippen LogP contribution is -2.20. The van der Waals surface area contributed by atoms with Crippen LogP contribution in [0.15, 0.2) is 34.1 Å². The number of halogens is 2. The van der Waals surface area contributed by atoms with Gasteiger partial charge in [0.2, 0.25) is 0 Å². The van der Waals surface area contributed by atoms with Gasteiger partial charge in [-0.05, 0) is 60.1 Å². The summed E-state index contributed by atoms with van der Waals surface area (Å²) in [4.78, 5) is -0.470. The van der Waals surface area contributed by atoms with Crippen molar-refractivity contribution in [2.75, 3.05) is 13.2 Å². The highest BCUT2D eigenvalue weighted by Gasteiger charge is 2.30. The molecule has 6 nitrogen and oxygen atoms in total. The quantitative estimate of drug-likeness (QED) is 0.353. The van der Waals surface area contributed by atoms with Gasteiger partial charge in [-0.2, -0.15) is 16.8 Å². The van der Waals surface area contributed by atoms with E-state index in [1.807, 2.05) is 41.5 Å². The molecule has 2 aromatic rings. The van der Waals surface area contributed by atoms with Gasteiger partial charge in [-0.25, -0.2) is 0 Å². The van der Waals surface area contributed by atoms with E-state index in [2.05, 4.69) is 0 Å². The van der Waals surface area contributed by atoms with E-state index in [9.17, 15) is 16.8 Å². The highest BCUT2D eigenvalue weighted by Crippen LogP contribution is 2.39. The molecule has 0 saturated heterocycles. The summed E-state index contributed by atoms with van der Waals surface area (Å²) < 4.78 is 63.5. The van der Waals surface area contributed by atoms with Gasteiger partial charge >= 0.3 is 0 Å². The molecule has 0 aromatic heterocycles. The number of aryl methyl sites for hydroxylation is 2. The first-order valence-corrected chi connectivity index (χ1v) is 14.2. The van der Waals surface area contributed by atoms with Crippen molar-refractivity contribution in [3.05, 3.63) is 45.4 Å². The van der Waals surface area contributed by atoms with Crippen molar-refractivity contribution >= 4 is 43.4 Å². The van der Waals surface area contributed by atoms with E-state index in [4.69, 9.17) is 31.6 Å². The van der Waals surface area contributed by atoms with Gasteiger partial charge in [-0.15, -0.1) is 0 Å². The molecule has 0 atom stereocenters. The van der Waals surface area contributed by atoms with E-state index in [0.29, 0.717) is 11.1 Å². The molecule has 0 radical (unpaired) electrons. The molecule has 2 rings (SSSR count). The summed E-state index contributed by atoms with van der Waals surface area (Å²) >= 11 is 12.5. The van der Waals surface area contributed by atoms with Crippen LogP contribution in [0.3, 0.4) is 0 Å². The van der Waals surface area contributed by atoms with Crippen LogP contribution in [0.4, 0.5) is 0 Å². The van der Waals surface area contributed by atoms with Gasteiger partial charge in [0, 0.05) is 21.2 Å². The molecule has 0 N–H and O–H groups in total. The molecule has 0 saturated carbocycles. The Bertz CT molecular complexity index is 1180. The van der Waals surface area contributed by atoms with Crippen molar-refractivity contribution < 1.29 is 25.2 Å². The van der Waals surface area contributed by atoms with Gasteiger partial charge < -0.3 is 0 Å². The van der Waals surface area contributed by atoms with Gasteiger partial charge in [0.05, 0.1) is 13.2 Å². The second-order valence-corrected chi connectivity index (χ2v) is 14.7. The summed E-state index contributed by atoms with van der Waals surface area (Å²) in [7, 11) is -8.57. The van der Waals surface area contributed by atoms with Gasteiger partial charge in [0.1, 0.15) is 9.79 Å². The number of benzene rings is 2. The lowest BCUT2D eigenvalue weighted by Gasteiger charge is -2.21. The molecule has 0 aliphatic rings. The predicted molar refractivity (Wildman–Crippen MR) is 137 cm³/mol. The molecule has 190 valence electrons. The van der Waals surface area contributed by atoms with Crippen molar-refractivity contribution in [2.45, 2.75) is 65.2 Å². The van der Waals surface area contributed by atoms with Crippen molar-refractivity contribution in [3.8, 4) is 11.1 Å². The Morgan fingerprint density at radius 1 is 0.647 bits per heavy atom. The average molecular weight is 552 g/mol. The fraction of sp³-hybridized carbons (Fsp3) is 0.500. The van der Waals surface area contributed by atoms with Gasteiger partial charge in [0.25, 0.3) is 20.2 Å². The van der Waals surface area contributed by atoms with Crippen LogP contribution in [0.1, 0.15) is 52.7 Å². The van der Waals surface area contributed by atoms with E-state index in [1.165, 1.54) is 24.3 Å². The second kappa shape index (κ2) is 10.1. The van der Waals surface area contributed by atoms with E-state index in [0.717, 1.165) is 0 Å². The highest BCUT2D eigenvalue weighted by atomic mass is 35.5. The maximum Gasteiger partial charge on any atom is 0.297 e. The van der Waals surface area contributed by atoms with E-state index in [1.54, 1.807) is 13.8 Å². The summed E-state index contributed by atoms with van der Waals surface area (Å²) in [5.74, 6) is 0. The van der Waals surface area contributed by atoms with Crippen molar-refractivity contribution in [3.63, 3.8) is 0 Å². The van der Waals surface area contributed by atoms with Crippen LogP contribution in [-0.2, 0) is 28.6 Å². The molecule has 0 spiro atoms. The van der Waals surface area contributed by atoms with Gasteiger partial charge in [0.15, 0.2) is 0 Å². The monoisotopic (exact) mass is 550 g/mol. The predicted octanol–water partition coefficient (Wildman–Crippen LogP) is 6.78. The molecule has 0 bridgehead atoms. The molecule has 10 heteroatoms. The first-order chi connectivity index (χ1) is 15.2. The summed E-state index contributed by atoms with van der Waals surface area (Å²) in [5, 5.41) is 0.418. The Morgan fingerprint density at radius 3 is 1.21 bits per heavy atom. The maximum atomic E-state index is 13.2. The highest BCUT2D eigenvalue weighted by molar-refractivity contribution is 7.87. The van der Waals surface area contributed by atoms with Crippen LogP contribution in [0, 0.1) is 24.7 Å². The number of rotatable bonds is 7. The summed E-state index contributed by atoms with van der Waals surface area (Å²) in [6.45, 7) is 14.3. The third kappa shape index (κ3) is 7.42. The van der Waals surface area contributed by atoms with Crippen LogP contribution >= 0.6 is 23.2 Å². The summed E-state index contributed by atoms with van der Waals surface area (Å²) in [6, 6.07) is 5.61. The molecule has 2 aromatic carbocycles. The zero-order chi connectivity index (χ0) is 26.3. The third-order valence-corrected chi connectivity index (χ3v) is 8.07. The van der Waals surface area contributed by atoms with Crippen LogP contribution in [-0.4, -0.2) is 30.0 Å². The molecule has 34 heavy (non-hydrogen) atoms. The molecule has 0 fully saturated rings. The normalized spacial score (nSPS) is 13.4. The Morgan fingerprint density at radius 2 is 0.941 bits per heavy atom. The Labute approximate surface area is 213 Å². The molecular weight excluding hydrogens is 519 g/mol. The third-order valence-electron chi connectivity index (χ3n) is 4.64. The molecular formula is C24H32Cl2O6S2. The van der Waals surface area contributed by atoms with E-state index >= 15 is 0 Å². The standard InChI is InChI=1S/C24H32Cl2O6S2/c1-15-9-17(21(11-19(15)25)33(27,28)31-13-23(3,4)5)18-10-16(2)20(26)12-22(18)34(29,30)32-14-24(6,7)8/h9-12H,13-14H2,1-8H3. The molecule has 0 amide bonds. The molecule has 0 aliphatic heterocycles. The number of hydrogen-bond donors (Lipinski definition) is 0. The smallest absolute Gasteiger partial charge is 0.266 e. The number of hydrogen-bond acceptors (Lipinski definition) is 6. The zero-order valence-electron chi connectivity index (χ0n) is 20.7. The van der Waals surface area contributed by atoms with E-state index < -0.39 is 31.1 Å². The largest absolute Gasteiger partial charge is 0.297 e. The minimum absolute atomic E-state index is 0.0697. The SMILES string of the molecule is Cc1cc(-c2cc(C)c(Cl)cc2S(=O)(=O)OCC(C)(C)C)c(S(=O)(=O)OCC(C)(C)C)cc1Cl. The Kier molecular flexibility index (Phi) is 8.61. The van der Waals surface area contributed by atoms with Crippen molar-refractivity contribution in [2.24, 2.45) is 10.8 Å². The topological polar surface area (TPSA) is 86.7 Å². The van der Waals surface area contributed by atoms with Crippen LogP contribution in [0.2, 0.25) is 10.0 Å². The molecule has 0 unspecified atom stereocenters. The minimum atomic E-state index is -4.29. The summed E-state index contributed by atoms with van der Waals surface area (Å²) in [6.07, 6.45) is 0. The van der Waals surface area contributed by atoms with Crippen LogP contribution < -0.4 is 0 Å². The lowest BCUT2D eigenvalue weighted by atomic mass is 9.99. The Hall–Kier alpha value is -1.16. The van der Waals surface area contributed by atoms with Crippen LogP contribution in [0.5, 0.6) is 0 Å².